The van der Waals surface area contributed by atoms with Crippen LogP contribution in [0.15, 0.2) is 12.2 Å². The highest BCUT2D eigenvalue weighted by Crippen LogP contribution is 2.39. The molecule has 7 heteroatoms. The topological polar surface area (TPSA) is 103 Å². The van der Waals surface area contributed by atoms with Gasteiger partial charge in [0.1, 0.15) is 6.10 Å². The van der Waals surface area contributed by atoms with E-state index >= 15 is 0 Å². The normalized spacial score (nSPS) is 30.0. The second-order valence-corrected chi connectivity index (χ2v) is 5.19. The number of nitriles is 1. The van der Waals surface area contributed by atoms with E-state index in [2.05, 4.69) is 11.3 Å². The van der Waals surface area contributed by atoms with E-state index in [-0.39, 0.29) is 17.5 Å². The van der Waals surface area contributed by atoms with Gasteiger partial charge in [0, 0.05) is 12.0 Å². The summed E-state index contributed by atoms with van der Waals surface area (Å²) in [6.07, 6.45) is -0.647. The SMILES string of the molecule is C=C(C)C(=O)OCC(=O)OC1C(C#N)CC2CC1OC2=O. The molecule has 7 nitrogen and oxygen atoms in total. The molecule has 1 saturated heterocycles. The molecule has 4 unspecified atom stereocenters. The molecule has 0 spiro atoms. The van der Waals surface area contributed by atoms with Gasteiger partial charge in [-0.1, -0.05) is 6.58 Å². The van der Waals surface area contributed by atoms with Crippen molar-refractivity contribution in [3.8, 4) is 6.07 Å². The first-order valence-corrected chi connectivity index (χ1v) is 6.54. The van der Waals surface area contributed by atoms with Crippen LogP contribution in [0, 0.1) is 23.2 Å². The molecule has 1 saturated carbocycles. The van der Waals surface area contributed by atoms with Crippen molar-refractivity contribution in [3.63, 3.8) is 0 Å². The molecule has 112 valence electrons. The van der Waals surface area contributed by atoms with Crippen LogP contribution < -0.4 is 0 Å². The maximum absolute atomic E-state index is 11.7. The van der Waals surface area contributed by atoms with E-state index in [1.807, 2.05) is 6.07 Å². The Labute approximate surface area is 121 Å². The van der Waals surface area contributed by atoms with E-state index in [0.717, 1.165) is 0 Å². The number of carbonyl (C=O) groups excluding carboxylic acids is 3. The van der Waals surface area contributed by atoms with Gasteiger partial charge in [-0.05, 0) is 13.3 Å². The van der Waals surface area contributed by atoms with Crippen LogP contribution in [0.4, 0.5) is 0 Å². The Bertz CT molecular complexity index is 534. The predicted octanol–water partition coefficient (Wildman–Crippen LogP) is 0.493. The maximum Gasteiger partial charge on any atom is 0.344 e. The first kappa shape index (κ1) is 15.0. The first-order chi connectivity index (χ1) is 9.92. The smallest absolute Gasteiger partial charge is 0.344 e. The van der Waals surface area contributed by atoms with Crippen LogP contribution in [-0.2, 0) is 28.6 Å². The van der Waals surface area contributed by atoms with Crippen LogP contribution in [0.2, 0.25) is 0 Å². The summed E-state index contributed by atoms with van der Waals surface area (Å²) in [4.78, 5) is 34.3. The van der Waals surface area contributed by atoms with Gasteiger partial charge in [0.15, 0.2) is 12.7 Å². The van der Waals surface area contributed by atoms with Gasteiger partial charge in [0.25, 0.3) is 0 Å². The van der Waals surface area contributed by atoms with Crippen molar-refractivity contribution in [2.45, 2.75) is 32.0 Å². The summed E-state index contributed by atoms with van der Waals surface area (Å²) in [7, 11) is 0. The number of ether oxygens (including phenoxy) is 3. The van der Waals surface area contributed by atoms with Gasteiger partial charge < -0.3 is 14.2 Å². The zero-order valence-corrected chi connectivity index (χ0v) is 11.5. The van der Waals surface area contributed by atoms with Gasteiger partial charge in [-0.2, -0.15) is 5.26 Å². The van der Waals surface area contributed by atoms with E-state index in [4.69, 9.17) is 14.7 Å². The Morgan fingerprint density at radius 1 is 1.48 bits per heavy atom. The second kappa shape index (κ2) is 5.95. The number of esters is 3. The van der Waals surface area contributed by atoms with E-state index in [0.29, 0.717) is 12.8 Å². The zero-order valence-electron chi connectivity index (χ0n) is 11.5. The monoisotopic (exact) mass is 293 g/mol. The van der Waals surface area contributed by atoms with Crippen molar-refractivity contribution in [1.82, 2.24) is 0 Å². The summed E-state index contributed by atoms with van der Waals surface area (Å²) < 4.78 is 14.9. The average Bonchev–Trinajstić information content (AvgIpc) is 2.75. The number of fused-ring (bicyclic) bond motifs is 2. The Kier molecular flexibility index (Phi) is 4.26. The molecule has 4 atom stereocenters. The summed E-state index contributed by atoms with van der Waals surface area (Å²) >= 11 is 0. The molecule has 0 aromatic heterocycles. The largest absolute Gasteiger partial charge is 0.458 e. The number of hydrogen-bond acceptors (Lipinski definition) is 7. The van der Waals surface area contributed by atoms with Crippen molar-refractivity contribution < 1.29 is 28.6 Å². The average molecular weight is 293 g/mol. The van der Waals surface area contributed by atoms with Crippen LogP contribution in [0.5, 0.6) is 0 Å². The maximum atomic E-state index is 11.7. The minimum atomic E-state index is -0.811. The number of hydrogen-bond donors (Lipinski definition) is 0. The van der Waals surface area contributed by atoms with Crippen molar-refractivity contribution >= 4 is 17.9 Å². The Hall–Kier alpha value is -2.36. The highest BCUT2D eigenvalue weighted by Gasteiger charge is 2.50. The number of rotatable bonds is 4. The van der Waals surface area contributed by atoms with E-state index in [1.165, 1.54) is 6.92 Å². The summed E-state index contributed by atoms with van der Waals surface area (Å²) in [6.45, 7) is 4.28. The van der Waals surface area contributed by atoms with E-state index < -0.39 is 36.7 Å². The molecule has 0 N–H and O–H groups in total. The number of nitrogens with zero attached hydrogens (tertiary/aromatic N) is 1. The summed E-state index contributed by atoms with van der Waals surface area (Å²) in [5.74, 6) is -2.72. The van der Waals surface area contributed by atoms with Crippen molar-refractivity contribution in [3.05, 3.63) is 12.2 Å². The quantitative estimate of drug-likeness (QED) is 0.422. The van der Waals surface area contributed by atoms with E-state index in [9.17, 15) is 14.4 Å². The molecule has 1 aliphatic carbocycles. The molecule has 2 fully saturated rings. The van der Waals surface area contributed by atoms with Crippen LogP contribution in [0.1, 0.15) is 19.8 Å². The van der Waals surface area contributed by atoms with E-state index in [1.54, 1.807) is 0 Å². The summed E-state index contributed by atoms with van der Waals surface area (Å²) in [6, 6.07) is 2.03. The molecule has 1 heterocycles. The third-order valence-electron chi connectivity index (χ3n) is 3.52. The van der Waals surface area contributed by atoms with Crippen LogP contribution in [0.3, 0.4) is 0 Å². The third-order valence-corrected chi connectivity index (χ3v) is 3.52. The van der Waals surface area contributed by atoms with Gasteiger partial charge in [0.2, 0.25) is 0 Å². The van der Waals surface area contributed by atoms with Gasteiger partial charge in [-0.25, -0.2) is 9.59 Å². The van der Waals surface area contributed by atoms with Gasteiger partial charge in [-0.15, -0.1) is 0 Å². The highest BCUT2D eigenvalue weighted by molar-refractivity contribution is 5.88. The minimum Gasteiger partial charge on any atom is -0.458 e. The lowest BCUT2D eigenvalue weighted by molar-refractivity contribution is -0.169. The highest BCUT2D eigenvalue weighted by atomic mass is 16.6. The van der Waals surface area contributed by atoms with Crippen molar-refractivity contribution in [2.24, 2.45) is 11.8 Å². The Morgan fingerprint density at radius 2 is 2.19 bits per heavy atom. The molecule has 2 bridgehead atoms. The molecule has 2 aliphatic rings. The lowest BCUT2D eigenvalue weighted by Crippen LogP contribution is -2.41. The van der Waals surface area contributed by atoms with Gasteiger partial charge >= 0.3 is 17.9 Å². The van der Waals surface area contributed by atoms with Crippen molar-refractivity contribution in [1.29, 1.82) is 5.26 Å². The fourth-order valence-corrected chi connectivity index (χ4v) is 2.48. The summed E-state index contributed by atoms with van der Waals surface area (Å²) in [5.41, 5.74) is 0.169. The minimum absolute atomic E-state index is 0.169. The molecular formula is C14H15NO6. The van der Waals surface area contributed by atoms with Crippen LogP contribution in [-0.4, -0.2) is 36.7 Å². The third kappa shape index (κ3) is 3.21. The summed E-state index contributed by atoms with van der Waals surface area (Å²) in [5, 5.41) is 9.11. The molecule has 2 rings (SSSR count). The van der Waals surface area contributed by atoms with Gasteiger partial charge in [0.05, 0.1) is 17.9 Å². The standard InChI is InChI=1S/C14H15NO6/c1-7(2)13(17)19-6-11(16)21-12-9(5-15)3-8-4-10(12)20-14(8)18/h8-10,12H,1,3-4,6H2,2H3. The predicted molar refractivity (Wildman–Crippen MR) is 67.4 cm³/mol. The zero-order chi connectivity index (χ0) is 15.6. The second-order valence-electron chi connectivity index (χ2n) is 5.19. The molecule has 1 aliphatic heterocycles. The van der Waals surface area contributed by atoms with Crippen LogP contribution >= 0.6 is 0 Å². The van der Waals surface area contributed by atoms with Gasteiger partial charge in [-0.3, -0.25) is 4.79 Å². The lowest BCUT2D eigenvalue weighted by atomic mass is 9.80. The fraction of sp³-hybridized carbons (Fsp3) is 0.571. The molecule has 0 amide bonds. The Morgan fingerprint density at radius 3 is 2.81 bits per heavy atom. The first-order valence-electron chi connectivity index (χ1n) is 6.54. The number of carbonyl (C=O) groups is 3. The molecule has 0 aromatic carbocycles. The lowest BCUT2D eigenvalue weighted by Gasteiger charge is -2.29. The Balaban J connectivity index is 1.93. The fourth-order valence-electron chi connectivity index (χ4n) is 2.48. The molecule has 0 radical (unpaired) electrons. The van der Waals surface area contributed by atoms with Crippen LogP contribution in [0.25, 0.3) is 0 Å². The molecular weight excluding hydrogens is 278 g/mol. The van der Waals surface area contributed by atoms with Crippen molar-refractivity contribution in [2.75, 3.05) is 6.61 Å². The molecule has 21 heavy (non-hydrogen) atoms. The molecule has 0 aromatic rings.